The van der Waals surface area contributed by atoms with Gasteiger partial charge in [-0.15, -0.1) is 0 Å². The molecule has 1 nitrogen and oxygen atoms in total. The van der Waals surface area contributed by atoms with Crippen LogP contribution >= 0.6 is 15.9 Å². The van der Waals surface area contributed by atoms with E-state index in [-0.39, 0.29) is 21.7 Å². The van der Waals surface area contributed by atoms with Gasteiger partial charge < -0.3 is 0 Å². The second kappa shape index (κ2) is 4.62. The Labute approximate surface area is 101 Å². The van der Waals surface area contributed by atoms with Gasteiger partial charge in [-0.2, -0.15) is 0 Å². The summed E-state index contributed by atoms with van der Waals surface area (Å²) in [4.78, 5) is 11.9. The molecule has 0 unspecified atom stereocenters. The minimum absolute atomic E-state index is 0.0490. The topological polar surface area (TPSA) is 17.1 Å². The van der Waals surface area contributed by atoms with Gasteiger partial charge in [-0.05, 0) is 40.9 Å². The van der Waals surface area contributed by atoms with Gasteiger partial charge in [0.05, 0.1) is 10.0 Å². The van der Waals surface area contributed by atoms with Crippen molar-refractivity contribution in [1.82, 2.24) is 0 Å². The van der Waals surface area contributed by atoms with Crippen LogP contribution in [0.3, 0.4) is 0 Å². The van der Waals surface area contributed by atoms with Crippen LogP contribution in [0.25, 0.3) is 0 Å². The molecular formula is C12H11BrF2O. The van der Waals surface area contributed by atoms with E-state index in [9.17, 15) is 13.6 Å². The number of Topliss-reactive ketones (excluding diaryl/α,β-unsaturated/α-hetero) is 1. The van der Waals surface area contributed by atoms with Crippen LogP contribution in [0, 0.1) is 17.6 Å². The molecule has 0 heterocycles. The van der Waals surface area contributed by atoms with Crippen LogP contribution in [0.4, 0.5) is 8.78 Å². The molecule has 0 aliphatic heterocycles. The maximum Gasteiger partial charge on any atom is 0.168 e. The van der Waals surface area contributed by atoms with E-state index in [1.54, 1.807) is 0 Å². The monoisotopic (exact) mass is 288 g/mol. The van der Waals surface area contributed by atoms with Crippen molar-refractivity contribution < 1.29 is 13.6 Å². The summed E-state index contributed by atoms with van der Waals surface area (Å²) in [5.41, 5.74) is -0.118. The highest BCUT2D eigenvalue weighted by molar-refractivity contribution is 9.10. The van der Waals surface area contributed by atoms with Crippen molar-refractivity contribution in [1.29, 1.82) is 0 Å². The van der Waals surface area contributed by atoms with Crippen molar-refractivity contribution >= 4 is 21.7 Å². The van der Waals surface area contributed by atoms with Gasteiger partial charge in [0, 0.05) is 5.92 Å². The van der Waals surface area contributed by atoms with Gasteiger partial charge in [-0.25, -0.2) is 8.78 Å². The Balaban J connectivity index is 2.32. The second-order valence-corrected chi connectivity index (χ2v) is 4.95. The Bertz CT molecular complexity index is 425. The average Bonchev–Trinajstić information content (AvgIpc) is 2.75. The van der Waals surface area contributed by atoms with Crippen LogP contribution in [0.5, 0.6) is 0 Å². The number of rotatable bonds is 2. The highest BCUT2D eigenvalue weighted by Crippen LogP contribution is 2.30. The smallest absolute Gasteiger partial charge is 0.168 e. The van der Waals surface area contributed by atoms with Crippen LogP contribution in [-0.2, 0) is 0 Å². The van der Waals surface area contributed by atoms with E-state index in [1.165, 1.54) is 0 Å². The van der Waals surface area contributed by atoms with Crippen molar-refractivity contribution in [2.24, 2.45) is 5.92 Å². The molecule has 0 radical (unpaired) electrons. The standard InChI is InChI=1S/C12H11BrF2O/c13-9-6-10(14)8(5-11(9)15)12(16)7-3-1-2-4-7/h5-7H,1-4H2. The lowest BCUT2D eigenvalue weighted by atomic mass is 9.96. The highest BCUT2D eigenvalue weighted by Gasteiger charge is 2.26. The molecule has 1 aromatic carbocycles. The van der Waals surface area contributed by atoms with Gasteiger partial charge in [0.25, 0.3) is 0 Å². The van der Waals surface area contributed by atoms with Gasteiger partial charge in [-0.1, -0.05) is 12.8 Å². The maximum absolute atomic E-state index is 13.5. The second-order valence-electron chi connectivity index (χ2n) is 4.09. The zero-order chi connectivity index (χ0) is 11.7. The molecule has 16 heavy (non-hydrogen) atoms. The van der Waals surface area contributed by atoms with E-state index in [0.29, 0.717) is 0 Å². The third-order valence-corrected chi connectivity index (χ3v) is 3.61. The predicted octanol–water partition coefficient (Wildman–Crippen LogP) is 4.10. The van der Waals surface area contributed by atoms with E-state index < -0.39 is 11.6 Å². The maximum atomic E-state index is 13.5. The lowest BCUT2D eigenvalue weighted by molar-refractivity contribution is 0.0918. The molecule has 0 N–H and O–H groups in total. The molecule has 0 atom stereocenters. The number of ketones is 1. The Morgan fingerprint density at radius 1 is 1.19 bits per heavy atom. The number of carbonyl (C=O) groups excluding carboxylic acids is 1. The van der Waals surface area contributed by atoms with E-state index in [0.717, 1.165) is 37.8 Å². The van der Waals surface area contributed by atoms with Crippen molar-refractivity contribution in [2.75, 3.05) is 0 Å². The molecule has 0 aromatic heterocycles. The normalized spacial score (nSPS) is 16.7. The number of halogens is 3. The molecule has 2 rings (SSSR count). The summed E-state index contributed by atoms with van der Waals surface area (Å²) in [6.07, 6.45) is 3.57. The molecule has 0 amide bonds. The fourth-order valence-electron chi connectivity index (χ4n) is 2.12. The van der Waals surface area contributed by atoms with E-state index >= 15 is 0 Å². The number of hydrogen-bond acceptors (Lipinski definition) is 1. The zero-order valence-electron chi connectivity index (χ0n) is 8.60. The molecule has 86 valence electrons. The quantitative estimate of drug-likeness (QED) is 0.591. The van der Waals surface area contributed by atoms with E-state index in [1.807, 2.05) is 0 Å². The molecule has 1 aromatic rings. The Kier molecular flexibility index (Phi) is 3.38. The number of hydrogen-bond donors (Lipinski definition) is 0. The van der Waals surface area contributed by atoms with Crippen LogP contribution in [0.2, 0.25) is 0 Å². The lowest BCUT2D eigenvalue weighted by Crippen LogP contribution is -2.13. The van der Waals surface area contributed by atoms with Crippen molar-refractivity contribution in [3.8, 4) is 0 Å². The molecule has 0 spiro atoms. The van der Waals surface area contributed by atoms with Crippen molar-refractivity contribution in [3.63, 3.8) is 0 Å². The van der Waals surface area contributed by atoms with Crippen molar-refractivity contribution in [3.05, 3.63) is 33.8 Å². The summed E-state index contributed by atoms with van der Waals surface area (Å²) in [7, 11) is 0. The fraction of sp³-hybridized carbons (Fsp3) is 0.417. The van der Waals surface area contributed by atoms with Gasteiger partial charge in [-0.3, -0.25) is 4.79 Å². The highest BCUT2D eigenvalue weighted by atomic mass is 79.9. The molecule has 1 aliphatic rings. The van der Waals surface area contributed by atoms with Crippen LogP contribution < -0.4 is 0 Å². The fourth-order valence-corrected chi connectivity index (χ4v) is 2.43. The minimum atomic E-state index is -0.648. The first-order valence-corrected chi connectivity index (χ1v) is 6.07. The van der Waals surface area contributed by atoms with Crippen LogP contribution in [0.1, 0.15) is 36.0 Å². The molecule has 1 saturated carbocycles. The van der Waals surface area contributed by atoms with Crippen LogP contribution in [-0.4, -0.2) is 5.78 Å². The molecule has 1 fully saturated rings. The van der Waals surface area contributed by atoms with Gasteiger partial charge >= 0.3 is 0 Å². The van der Waals surface area contributed by atoms with Gasteiger partial charge in [0.15, 0.2) is 5.78 Å². The third kappa shape index (κ3) is 2.17. The summed E-state index contributed by atoms with van der Waals surface area (Å²) in [6.45, 7) is 0. The summed E-state index contributed by atoms with van der Waals surface area (Å²) in [6, 6.07) is 2.00. The SMILES string of the molecule is O=C(c1cc(F)c(Br)cc1F)C1CCCC1. The van der Waals surface area contributed by atoms with Gasteiger partial charge in [0.1, 0.15) is 11.6 Å². The molecule has 0 saturated heterocycles. The summed E-state index contributed by atoms with van der Waals surface area (Å²) < 4.78 is 26.8. The lowest BCUT2D eigenvalue weighted by Gasteiger charge is -2.09. The average molecular weight is 289 g/mol. The van der Waals surface area contributed by atoms with E-state index in [4.69, 9.17) is 0 Å². The Hall–Kier alpha value is -0.770. The van der Waals surface area contributed by atoms with Gasteiger partial charge in [0.2, 0.25) is 0 Å². The first kappa shape index (κ1) is 11.7. The van der Waals surface area contributed by atoms with Crippen molar-refractivity contribution in [2.45, 2.75) is 25.7 Å². The molecule has 4 heteroatoms. The first-order chi connectivity index (χ1) is 7.59. The molecule has 1 aliphatic carbocycles. The zero-order valence-corrected chi connectivity index (χ0v) is 10.2. The molecular weight excluding hydrogens is 278 g/mol. The summed E-state index contributed by atoms with van der Waals surface area (Å²) in [5.74, 6) is -1.63. The predicted molar refractivity (Wildman–Crippen MR) is 60.3 cm³/mol. The first-order valence-electron chi connectivity index (χ1n) is 5.28. The van der Waals surface area contributed by atoms with E-state index in [2.05, 4.69) is 15.9 Å². The largest absolute Gasteiger partial charge is 0.294 e. The Morgan fingerprint density at radius 2 is 1.81 bits per heavy atom. The molecule has 0 bridgehead atoms. The minimum Gasteiger partial charge on any atom is -0.294 e. The third-order valence-electron chi connectivity index (χ3n) is 3.00. The summed E-state index contributed by atoms with van der Waals surface area (Å²) >= 11 is 2.89. The Morgan fingerprint density at radius 3 is 2.44 bits per heavy atom. The number of carbonyl (C=O) groups is 1. The number of benzene rings is 1. The van der Waals surface area contributed by atoms with Crippen LogP contribution in [0.15, 0.2) is 16.6 Å². The summed E-state index contributed by atoms with van der Waals surface area (Å²) in [5, 5.41) is 0.